The predicted octanol–water partition coefficient (Wildman–Crippen LogP) is 4.24. The fraction of sp³-hybridized carbons (Fsp3) is 0.750. The lowest BCUT2D eigenvalue weighted by molar-refractivity contribution is -0.252. The third kappa shape index (κ3) is 8.17. The third-order valence-corrected chi connectivity index (χ3v) is 11.4. The molecule has 5 aliphatic rings. The number of alkyl halides is 1. The van der Waals surface area contributed by atoms with Crippen LogP contribution in [0.2, 0.25) is 0 Å². The van der Waals surface area contributed by atoms with Gasteiger partial charge < -0.3 is 37.9 Å². The molecule has 306 valence electrons. The van der Waals surface area contributed by atoms with Crippen molar-refractivity contribution in [2.24, 2.45) is 22.7 Å². The standard InChI is InChI=1S/C40H55FO14/c1-34(2,3)53-32(46)21-48-19-30(44)50-18-27(43)40-28(52-36(7,8)55-40)16-26-25-12-11-23-15-24(42)13-14-37(23,9)39(25,41)29(17-38(26,40)10)51-31(45)20-49-22-33(47)54-35(4,5)6/h13-15,25-26,28-29H,11-12,16-22H2,1-10H3/t25?,26?,28-,29+,37?,38?,39+,40-/m1/s1. The van der Waals surface area contributed by atoms with Crippen LogP contribution in [0.25, 0.3) is 0 Å². The summed E-state index contributed by atoms with van der Waals surface area (Å²) >= 11 is 0. The maximum Gasteiger partial charge on any atom is 0.332 e. The van der Waals surface area contributed by atoms with Crippen LogP contribution in [-0.4, -0.2) is 109 Å². The number of ketones is 2. The number of carbonyl (C=O) groups excluding carboxylic acids is 6. The molecule has 0 aromatic rings. The molecule has 4 aliphatic carbocycles. The summed E-state index contributed by atoms with van der Waals surface area (Å²) in [5.41, 5.74) is -7.54. The van der Waals surface area contributed by atoms with Crippen molar-refractivity contribution in [3.8, 4) is 0 Å². The molecule has 15 heteroatoms. The number of allylic oxidation sites excluding steroid dienone is 4. The van der Waals surface area contributed by atoms with E-state index in [-0.39, 0.29) is 25.0 Å². The molecule has 1 heterocycles. The second kappa shape index (κ2) is 14.8. The van der Waals surface area contributed by atoms with E-state index in [1.54, 1.807) is 69.2 Å². The van der Waals surface area contributed by atoms with Gasteiger partial charge in [0.25, 0.3) is 0 Å². The molecule has 1 saturated heterocycles. The summed E-state index contributed by atoms with van der Waals surface area (Å²) < 4.78 is 63.8. The molecule has 0 bridgehead atoms. The Hall–Kier alpha value is -3.53. The van der Waals surface area contributed by atoms with Crippen molar-refractivity contribution >= 4 is 35.4 Å². The van der Waals surface area contributed by atoms with Gasteiger partial charge in [-0.15, -0.1) is 0 Å². The summed E-state index contributed by atoms with van der Waals surface area (Å²) in [6, 6.07) is 0. The highest BCUT2D eigenvalue weighted by atomic mass is 19.1. The number of esters is 4. The van der Waals surface area contributed by atoms with Crippen LogP contribution in [-0.2, 0) is 66.7 Å². The summed E-state index contributed by atoms with van der Waals surface area (Å²) in [5.74, 6) is -6.74. The number of halogens is 1. The first-order valence-electron chi connectivity index (χ1n) is 18.7. The summed E-state index contributed by atoms with van der Waals surface area (Å²) in [5, 5.41) is 0. The Morgan fingerprint density at radius 3 is 1.96 bits per heavy atom. The van der Waals surface area contributed by atoms with Gasteiger partial charge in [-0.3, -0.25) is 9.59 Å². The van der Waals surface area contributed by atoms with Gasteiger partial charge in [0.2, 0.25) is 5.78 Å². The zero-order valence-corrected chi connectivity index (χ0v) is 33.5. The van der Waals surface area contributed by atoms with E-state index in [9.17, 15) is 28.8 Å². The highest BCUT2D eigenvalue weighted by Gasteiger charge is 2.80. The lowest BCUT2D eigenvalue weighted by Gasteiger charge is -2.63. The lowest BCUT2D eigenvalue weighted by atomic mass is 9.44. The highest BCUT2D eigenvalue weighted by Crippen LogP contribution is 2.72. The highest BCUT2D eigenvalue weighted by molar-refractivity contribution is 6.01. The number of rotatable bonds is 12. The average Bonchev–Trinajstić information content (AvgIpc) is 3.44. The monoisotopic (exact) mass is 778 g/mol. The van der Waals surface area contributed by atoms with E-state index < -0.39 is 126 Å². The van der Waals surface area contributed by atoms with Crippen molar-refractivity contribution in [3.63, 3.8) is 0 Å². The van der Waals surface area contributed by atoms with Crippen LogP contribution < -0.4 is 0 Å². The summed E-state index contributed by atoms with van der Waals surface area (Å²) in [4.78, 5) is 77.4. The Morgan fingerprint density at radius 2 is 1.38 bits per heavy atom. The first-order chi connectivity index (χ1) is 25.3. The average molecular weight is 779 g/mol. The van der Waals surface area contributed by atoms with E-state index in [0.717, 1.165) is 0 Å². The van der Waals surface area contributed by atoms with Gasteiger partial charge in [0.1, 0.15) is 43.7 Å². The first kappa shape index (κ1) is 42.6. The molecule has 4 unspecified atom stereocenters. The molecule has 0 aromatic carbocycles. The number of hydrogen-bond donors (Lipinski definition) is 0. The third-order valence-electron chi connectivity index (χ3n) is 11.4. The Morgan fingerprint density at radius 1 is 0.818 bits per heavy atom. The molecule has 0 aromatic heterocycles. The zero-order valence-electron chi connectivity index (χ0n) is 33.5. The number of fused-ring (bicyclic) bond motifs is 7. The quantitative estimate of drug-likeness (QED) is 0.203. The molecule has 55 heavy (non-hydrogen) atoms. The number of Topliss-reactive ketones (excluding diaryl/α,β-unsaturated/α-hetero) is 1. The minimum Gasteiger partial charge on any atom is -0.458 e. The van der Waals surface area contributed by atoms with Crippen LogP contribution in [0.15, 0.2) is 23.8 Å². The summed E-state index contributed by atoms with van der Waals surface area (Å²) in [7, 11) is 0. The first-order valence-corrected chi connectivity index (χ1v) is 18.7. The van der Waals surface area contributed by atoms with Crippen LogP contribution >= 0.6 is 0 Å². The smallest absolute Gasteiger partial charge is 0.332 e. The van der Waals surface area contributed by atoms with Crippen molar-refractivity contribution in [3.05, 3.63) is 23.8 Å². The summed E-state index contributed by atoms with van der Waals surface area (Å²) in [6.07, 6.45) is 2.59. The van der Waals surface area contributed by atoms with E-state index in [1.165, 1.54) is 18.2 Å². The Balaban J connectivity index is 1.41. The second-order valence-electron chi connectivity index (χ2n) is 18.0. The molecule has 4 fully saturated rings. The predicted molar refractivity (Wildman–Crippen MR) is 190 cm³/mol. The van der Waals surface area contributed by atoms with Crippen molar-refractivity contribution in [2.45, 2.75) is 135 Å². The SMILES string of the molecule is CC(C)(C)OC(=O)COCC(=O)OCC(=O)[C@@]12OC(C)(C)O[C@@H]1CC1C3CCC4=CC(=O)C=CC4(C)[C@@]3(F)[C@@H](OC(=O)COCC(=O)OC(C)(C)C)CC12C. The molecule has 8 atom stereocenters. The van der Waals surface area contributed by atoms with Crippen molar-refractivity contribution < 1.29 is 71.1 Å². The number of ether oxygens (including phenoxy) is 8. The van der Waals surface area contributed by atoms with Gasteiger partial charge in [-0.1, -0.05) is 18.6 Å². The molecule has 1 aliphatic heterocycles. The van der Waals surface area contributed by atoms with E-state index in [1.807, 2.05) is 0 Å². The lowest BCUT2D eigenvalue weighted by Crippen LogP contribution is -2.70. The normalized spacial score (nSPS) is 34.7. The van der Waals surface area contributed by atoms with Crippen LogP contribution in [0.5, 0.6) is 0 Å². The van der Waals surface area contributed by atoms with Gasteiger partial charge in [0, 0.05) is 16.7 Å². The zero-order chi connectivity index (χ0) is 41.0. The van der Waals surface area contributed by atoms with Gasteiger partial charge in [0.15, 0.2) is 29.4 Å². The second-order valence-corrected chi connectivity index (χ2v) is 18.0. The molecule has 0 N–H and O–H groups in total. The largest absolute Gasteiger partial charge is 0.458 e. The fourth-order valence-electron chi connectivity index (χ4n) is 9.56. The van der Waals surface area contributed by atoms with Gasteiger partial charge in [-0.25, -0.2) is 23.6 Å². The molecule has 14 nitrogen and oxygen atoms in total. The summed E-state index contributed by atoms with van der Waals surface area (Å²) in [6.45, 7) is 13.8. The Bertz CT molecular complexity index is 1650. The van der Waals surface area contributed by atoms with Crippen molar-refractivity contribution in [2.75, 3.05) is 33.0 Å². The van der Waals surface area contributed by atoms with Gasteiger partial charge in [0.05, 0.1) is 6.10 Å². The number of carbonyl (C=O) groups is 6. The van der Waals surface area contributed by atoms with Crippen LogP contribution in [0, 0.1) is 22.7 Å². The molecule has 3 saturated carbocycles. The molecule has 0 amide bonds. The van der Waals surface area contributed by atoms with Crippen molar-refractivity contribution in [1.29, 1.82) is 0 Å². The Kier molecular flexibility index (Phi) is 11.4. The molecule has 0 spiro atoms. The van der Waals surface area contributed by atoms with Gasteiger partial charge in [-0.05, 0) is 106 Å². The maximum absolute atomic E-state index is 18.6. The maximum atomic E-state index is 18.6. The topological polar surface area (TPSA) is 176 Å². The number of hydrogen-bond acceptors (Lipinski definition) is 14. The molecular weight excluding hydrogens is 723 g/mol. The van der Waals surface area contributed by atoms with Crippen LogP contribution in [0.4, 0.5) is 4.39 Å². The minimum atomic E-state index is -2.25. The fourth-order valence-corrected chi connectivity index (χ4v) is 9.56. The molecule has 5 rings (SSSR count). The van der Waals surface area contributed by atoms with Crippen LogP contribution in [0.1, 0.15) is 94.9 Å². The van der Waals surface area contributed by atoms with Crippen LogP contribution in [0.3, 0.4) is 0 Å². The minimum absolute atomic E-state index is 0.207. The van der Waals surface area contributed by atoms with E-state index in [2.05, 4.69) is 0 Å². The van der Waals surface area contributed by atoms with E-state index in [4.69, 9.17) is 37.9 Å². The van der Waals surface area contributed by atoms with Gasteiger partial charge >= 0.3 is 23.9 Å². The van der Waals surface area contributed by atoms with Crippen molar-refractivity contribution in [1.82, 2.24) is 0 Å². The Labute approximate surface area is 321 Å². The van der Waals surface area contributed by atoms with E-state index >= 15 is 4.39 Å². The molecule has 0 radical (unpaired) electrons. The van der Waals surface area contributed by atoms with Gasteiger partial charge in [-0.2, -0.15) is 0 Å². The van der Waals surface area contributed by atoms with E-state index in [0.29, 0.717) is 12.0 Å². The molecular formula is C40H55FO14.